The summed E-state index contributed by atoms with van der Waals surface area (Å²) >= 11 is 0. The number of carbonyl (C=O) groups is 1. The molecular formula is C20H19F3N6O. The number of nitrogens with one attached hydrogen (secondary N) is 1. The highest BCUT2D eigenvalue weighted by Crippen LogP contribution is 2.40. The van der Waals surface area contributed by atoms with Crippen molar-refractivity contribution < 1.29 is 18.0 Å². The van der Waals surface area contributed by atoms with E-state index < -0.39 is 12.2 Å². The highest BCUT2D eigenvalue weighted by atomic mass is 19.4. The van der Waals surface area contributed by atoms with Crippen molar-refractivity contribution in [3.63, 3.8) is 0 Å². The molecule has 0 spiro atoms. The summed E-state index contributed by atoms with van der Waals surface area (Å²) in [7, 11) is 0. The lowest BCUT2D eigenvalue weighted by Crippen LogP contribution is -2.27. The van der Waals surface area contributed by atoms with Crippen LogP contribution in [-0.2, 0) is 12.8 Å². The molecule has 0 saturated heterocycles. The lowest BCUT2D eigenvalue weighted by atomic mass is 10.1. The van der Waals surface area contributed by atoms with Crippen LogP contribution in [0, 0.1) is 6.92 Å². The van der Waals surface area contributed by atoms with Gasteiger partial charge in [0.25, 0.3) is 5.91 Å². The minimum Gasteiger partial charge on any atom is -0.343 e. The molecule has 1 aliphatic carbocycles. The molecule has 0 radical (unpaired) electrons. The van der Waals surface area contributed by atoms with E-state index in [9.17, 15) is 18.0 Å². The van der Waals surface area contributed by atoms with E-state index in [1.807, 2.05) is 16.8 Å². The second-order valence-electron chi connectivity index (χ2n) is 7.78. The molecule has 30 heavy (non-hydrogen) atoms. The molecule has 0 unspecified atom stereocenters. The van der Waals surface area contributed by atoms with E-state index in [4.69, 9.17) is 0 Å². The van der Waals surface area contributed by atoms with E-state index in [2.05, 4.69) is 26.6 Å². The molecule has 1 aliphatic heterocycles. The third-order valence-electron chi connectivity index (χ3n) is 5.58. The quantitative estimate of drug-likeness (QED) is 0.704. The summed E-state index contributed by atoms with van der Waals surface area (Å²) in [6, 6.07) is 5.57. The van der Waals surface area contributed by atoms with Crippen LogP contribution in [0.5, 0.6) is 0 Å². The molecule has 1 atom stereocenters. The van der Waals surface area contributed by atoms with Gasteiger partial charge in [-0.15, -0.1) is 13.2 Å². The van der Waals surface area contributed by atoms with Gasteiger partial charge in [-0.25, -0.2) is 0 Å². The van der Waals surface area contributed by atoms with Crippen molar-refractivity contribution in [2.24, 2.45) is 0 Å². The maximum atomic E-state index is 12.8. The predicted molar refractivity (Wildman–Crippen MR) is 101 cm³/mol. The van der Waals surface area contributed by atoms with Crippen LogP contribution in [0.3, 0.4) is 0 Å². The molecule has 3 aromatic heterocycles. The molecule has 156 valence electrons. The van der Waals surface area contributed by atoms with Gasteiger partial charge in [-0.2, -0.15) is 14.9 Å². The second kappa shape index (κ2) is 6.68. The third kappa shape index (κ3) is 3.35. The summed E-state index contributed by atoms with van der Waals surface area (Å²) in [6.45, 7) is 2.01. The van der Waals surface area contributed by atoms with Crippen molar-refractivity contribution in [3.8, 4) is 11.3 Å². The molecule has 0 bridgehead atoms. The smallest absolute Gasteiger partial charge is 0.343 e. The summed E-state index contributed by atoms with van der Waals surface area (Å²) < 4.78 is 40.2. The molecule has 5 rings (SSSR count). The van der Waals surface area contributed by atoms with Gasteiger partial charge in [0.15, 0.2) is 0 Å². The Morgan fingerprint density at radius 2 is 2.00 bits per heavy atom. The summed E-state index contributed by atoms with van der Waals surface area (Å²) in [4.78, 5) is 17.0. The Hall–Kier alpha value is -3.17. The number of nitrogens with zero attached hydrogens (tertiary/aromatic N) is 5. The van der Waals surface area contributed by atoms with Crippen LogP contribution in [0.2, 0.25) is 0 Å². The van der Waals surface area contributed by atoms with Crippen molar-refractivity contribution in [2.75, 3.05) is 0 Å². The standard InChI is InChI=1S/C20H19F3N6O/c1-11-14(10-29(26-11)20(21,22)23)19(30)25-15-5-7-28-18(15)9-17(27-28)13-4-6-24-16(8-13)12-2-3-12/h4,6,8-10,12,15H,2-3,5,7H2,1H3,(H,25,30)/t15-/m0/s1. The fourth-order valence-corrected chi connectivity index (χ4v) is 3.84. The Kier molecular flexibility index (Phi) is 4.19. The first-order valence-corrected chi connectivity index (χ1v) is 9.78. The van der Waals surface area contributed by atoms with Gasteiger partial charge < -0.3 is 5.32 Å². The van der Waals surface area contributed by atoms with Gasteiger partial charge in [-0.1, -0.05) is 0 Å². The number of pyridine rings is 1. The van der Waals surface area contributed by atoms with Crippen molar-refractivity contribution >= 4 is 5.91 Å². The van der Waals surface area contributed by atoms with Gasteiger partial charge in [0.05, 0.1) is 28.7 Å². The van der Waals surface area contributed by atoms with Gasteiger partial charge in [0, 0.05) is 36.1 Å². The van der Waals surface area contributed by atoms with Crippen LogP contribution in [0.25, 0.3) is 11.3 Å². The topological polar surface area (TPSA) is 77.6 Å². The number of hydrogen-bond acceptors (Lipinski definition) is 4. The molecule has 1 N–H and O–H groups in total. The fourth-order valence-electron chi connectivity index (χ4n) is 3.84. The Morgan fingerprint density at radius 1 is 1.20 bits per heavy atom. The summed E-state index contributed by atoms with van der Waals surface area (Å²) in [5, 5.41) is 10.9. The molecular weight excluding hydrogens is 397 g/mol. The van der Waals surface area contributed by atoms with E-state index in [1.54, 1.807) is 6.20 Å². The first-order chi connectivity index (χ1) is 14.3. The third-order valence-corrected chi connectivity index (χ3v) is 5.58. The monoisotopic (exact) mass is 416 g/mol. The van der Waals surface area contributed by atoms with Crippen molar-refractivity contribution in [1.82, 2.24) is 29.9 Å². The first-order valence-electron chi connectivity index (χ1n) is 9.78. The second-order valence-corrected chi connectivity index (χ2v) is 7.78. The van der Waals surface area contributed by atoms with E-state index in [0.717, 1.165) is 41.7 Å². The zero-order valence-electron chi connectivity index (χ0n) is 16.1. The predicted octanol–water partition coefficient (Wildman–Crippen LogP) is 3.68. The van der Waals surface area contributed by atoms with Crippen molar-refractivity contribution in [2.45, 2.75) is 51.0 Å². The maximum absolute atomic E-state index is 12.8. The Morgan fingerprint density at radius 3 is 2.70 bits per heavy atom. The van der Waals surface area contributed by atoms with E-state index in [1.165, 1.54) is 6.92 Å². The van der Waals surface area contributed by atoms with Crippen LogP contribution >= 0.6 is 0 Å². The number of aromatic nitrogens is 5. The number of halogens is 3. The highest BCUT2D eigenvalue weighted by Gasteiger charge is 2.34. The average molecular weight is 416 g/mol. The average Bonchev–Trinajstić information content (AvgIpc) is 3.17. The number of aryl methyl sites for hydroxylation is 2. The van der Waals surface area contributed by atoms with Crippen molar-refractivity contribution in [1.29, 1.82) is 0 Å². The lowest BCUT2D eigenvalue weighted by molar-refractivity contribution is -0.212. The molecule has 3 aromatic rings. The Balaban J connectivity index is 1.36. The SMILES string of the molecule is Cc1nn(C(F)(F)F)cc1C(=O)N[C@H]1CCn2nc(-c3ccnc(C4CC4)c3)cc21. The Labute approximate surface area is 169 Å². The zero-order chi connectivity index (χ0) is 21.0. The van der Waals surface area contributed by atoms with Gasteiger partial charge >= 0.3 is 6.30 Å². The number of fused-ring (bicyclic) bond motifs is 1. The molecule has 7 nitrogen and oxygen atoms in total. The first kappa shape index (κ1) is 18.8. The number of alkyl halides is 3. The molecule has 0 aromatic carbocycles. The fraction of sp³-hybridized carbons (Fsp3) is 0.400. The minimum atomic E-state index is -4.66. The zero-order valence-corrected chi connectivity index (χ0v) is 16.1. The number of amides is 1. The van der Waals surface area contributed by atoms with Crippen LogP contribution in [0.15, 0.2) is 30.6 Å². The molecule has 1 amide bonds. The van der Waals surface area contributed by atoms with Gasteiger partial charge in [0.1, 0.15) is 0 Å². The molecule has 10 heteroatoms. The summed E-state index contributed by atoms with van der Waals surface area (Å²) in [5.41, 5.74) is 3.62. The highest BCUT2D eigenvalue weighted by molar-refractivity contribution is 5.95. The molecule has 4 heterocycles. The van der Waals surface area contributed by atoms with Crippen LogP contribution in [-0.4, -0.2) is 30.5 Å². The van der Waals surface area contributed by atoms with E-state index >= 15 is 0 Å². The summed E-state index contributed by atoms with van der Waals surface area (Å²) in [6.07, 6.45) is 0.800. The minimum absolute atomic E-state index is 0.0291. The summed E-state index contributed by atoms with van der Waals surface area (Å²) in [5.74, 6) is -0.0450. The van der Waals surface area contributed by atoms with Gasteiger partial charge in [-0.05, 0) is 44.4 Å². The number of hydrogen-bond donors (Lipinski definition) is 1. The van der Waals surface area contributed by atoms with Crippen LogP contribution in [0.4, 0.5) is 13.2 Å². The van der Waals surface area contributed by atoms with Gasteiger partial charge in [-0.3, -0.25) is 14.5 Å². The molecule has 1 fully saturated rings. The van der Waals surface area contributed by atoms with E-state index in [0.29, 0.717) is 18.9 Å². The largest absolute Gasteiger partial charge is 0.504 e. The lowest BCUT2D eigenvalue weighted by Gasteiger charge is -2.11. The number of rotatable bonds is 4. The van der Waals surface area contributed by atoms with Gasteiger partial charge in [0.2, 0.25) is 0 Å². The van der Waals surface area contributed by atoms with Crippen LogP contribution < -0.4 is 5.32 Å². The molecule has 2 aliphatic rings. The van der Waals surface area contributed by atoms with Crippen molar-refractivity contribution in [3.05, 3.63) is 53.2 Å². The Bertz CT molecular complexity index is 1130. The van der Waals surface area contributed by atoms with E-state index in [-0.39, 0.29) is 22.0 Å². The maximum Gasteiger partial charge on any atom is 0.504 e. The van der Waals surface area contributed by atoms with Crippen LogP contribution in [0.1, 0.15) is 58.7 Å². The number of carbonyl (C=O) groups excluding carboxylic acids is 1. The molecule has 1 saturated carbocycles. The normalized spacial score (nSPS) is 18.5.